The fourth-order valence-electron chi connectivity index (χ4n) is 2.00. The van der Waals surface area contributed by atoms with Crippen molar-refractivity contribution in [1.29, 1.82) is 0 Å². The lowest BCUT2D eigenvalue weighted by Gasteiger charge is -2.15. The third-order valence-corrected chi connectivity index (χ3v) is 3.72. The minimum atomic E-state index is 0.167. The number of benzene rings is 1. The summed E-state index contributed by atoms with van der Waals surface area (Å²) in [6.07, 6.45) is 0. The molecule has 0 atom stereocenters. The molecule has 0 spiro atoms. The van der Waals surface area contributed by atoms with E-state index in [0.717, 1.165) is 12.1 Å². The Labute approximate surface area is 98.1 Å². The zero-order valence-corrected chi connectivity index (χ0v) is 9.54. The van der Waals surface area contributed by atoms with Crippen molar-refractivity contribution >= 4 is 17.2 Å². The average Bonchev–Trinajstić information content (AvgIpc) is 2.86. The summed E-state index contributed by atoms with van der Waals surface area (Å²) in [5.74, 6) is 0.167. The van der Waals surface area contributed by atoms with Crippen LogP contribution in [0.5, 0.6) is 0 Å². The molecule has 0 unspecified atom stereocenters. The van der Waals surface area contributed by atoms with Gasteiger partial charge in [-0.25, -0.2) is 0 Å². The minimum Gasteiger partial charge on any atom is -0.329 e. The number of hydrogen-bond donors (Lipinski definition) is 0. The van der Waals surface area contributed by atoms with Gasteiger partial charge in [0.15, 0.2) is 0 Å². The van der Waals surface area contributed by atoms with Gasteiger partial charge in [0.1, 0.15) is 0 Å². The fraction of sp³-hybridized carbons (Fsp3) is 0.154. The van der Waals surface area contributed by atoms with Gasteiger partial charge in [-0.3, -0.25) is 4.79 Å². The molecule has 1 aromatic carbocycles. The summed E-state index contributed by atoms with van der Waals surface area (Å²) in [4.78, 5) is 15.1. The highest BCUT2D eigenvalue weighted by Gasteiger charge is 2.27. The number of amides is 1. The van der Waals surface area contributed by atoms with E-state index in [1.54, 1.807) is 11.3 Å². The fourth-order valence-corrected chi connectivity index (χ4v) is 2.88. The van der Waals surface area contributed by atoms with Crippen molar-refractivity contribution in [2.75, 3.05) is 0 Å². The SMILES string of the molecule is O=C1c2ccsc2CN1Cc1ccccc1. The van der Waals surface area contributed by atoms with E-state index in [4.69, 9.17) is 0 Å². The van der Waals surface area contributed by atoms with Crippen LogP contribution in [0.25, 0.3) is 0 Å². The van der Waals surface area contributed by atoms with Crippen molar-refractivity contribution in [3.8, 4) is 0 Å². The van der Waals surface area contributed by atoms with Gasteiger partial charge in [0.2, 0.25) is 0 Å². The van der Waals surface area contributed by atoms with Gasteiger partial charge in [-0.2, -0.15) is 0 Å². The normalized spacial score (nSPS) is 14.2. The first-order valence-electron chi connectivity index (χ1n) is 5.24. The summed E-state index contributed by atoms with van der Waals surface area (Å²) in [7, 11) is 0. The van der Waals surface area contributed by atoms with Crippen molar-refractivity contribution in [2.45, 2.75) is 13.1 Å². The molecule has 1 amide bonds. The predicted molar refractivity (Wildman–Crippen MR) is 64.3 cm³/mol. The van der Waals surface area contributed by atoms with E-state index in [9.17, 15) is 4.79 Å². The Kier molecular flexibility index (Phi) is 2.26. The summed E-state index contributed by atoms with van der Waals surface area (Å²) in [6, 6.07) is 12.0. The largest absolute Gasteiger partial charge is 0.329 e. The first-order valence-corrected chi connectivity index (χ1v) is 6.12. The Bertz CT molecular complexity index is 518. The monoisotopic (exact) mass is 229 g/mol. The van der Waals surface area contributed by atoms with Gasteiger partial charge in [0.25, 0.3) is 5.91 Å². The van der Waals surface area contributed by atoms with E-state index in [2.05, 4.69) is 12.1 Å². The lowest BCUT2D eigenvalue weighted by molar-refractivity contribution is 0.0767. The van der Waals surface area contributed by atoms with Crippen LogP contribution in [0.15, 0.2) is 41.8 Å². The first-order chi connectivity index (χ1) is 7.84. The zero-order valence-electron chi connectivity index (χ0n) is 8.72. The average molecular weight is 229 g/mol. The summed E-state index contributed by atoms with van der Waals surface area (Å²) < 4.78 is 0. The molecule has 0 radical (unpaired) electrons. The standard InChI is InChI=1S/C13H11NOS/c15-13-11-6-7-16-12(11)9-14(13)8-10-4-2-1-3-5-10/h1-7H,8-9H2. The number of rotatable bonds is 2. The Morgan fingerprint density at radius 2 is 2.00 bits per heavy atom. The molecule has 1 aromatic heterocycles. The van der Waals surface area contributed by atoms with E-state index >= 15 is 0 Å². The second-order valence-electron chi connectivity index (χ2n) is 3.90. The van der Waals surface area contributed by atoms with Crippen molar-refractivity contribution in [3.05, 3.63) is 57.8 Å². The third kappa shape index (κ3) is 1.53. The van der Waals surface area contributed by atoms with Crippen LogP contribution in [0.2, 0.25) is 0 Å². The Morgan fingerprint density at radius 1 is 1.19 bits per heavy atom. The van der Waals surface area contributed by atoms with Crippen molar-refractivity contribution < 1.29 is 4.79 Å². The van der Waals surface area contributed by atoms with Crippen molar-refractivity contribution in [2.24, 2.45) is 0 Å². The number of thiophene rings is 1. The number of fused-ring (bicyclic) bond motifs is 1. The smallest absolute Gasteiger partial charge is 0.255 e. The molecular formula is C13H11NOS. The zero-order chi connectivity index (χ0) is 11.0. The molecule has 0 aliphatic carbocycles. The van der Waals surface area contributed by atoms with Crippen molar-refractivity contribution in [1.82, 2.24) is 4.90 Å². The van der Waals surface area contributed by atoms with Crippen LogP contribution in [-0.2, 0) is 13.1 Å². The van der Waals surface area contributed by atoms with Crippen LogP contribution in [0, 0.1) is 0 Å². The predicted octanol–water partition coefficient (Wildman–Crippen LogP) is 2.90. The van der Waals surface area contributed by atoms with Crippen LogP contribution in [-0.4, -0.2) is 10.8 Å². The number of nitrogens with zero attached hydrogens (tertiary/aromatic N) is 1. The summed E-state index contributed by atoms with van der Waals surface area (Å²) in [6.45, 7) is 1.47. The maximum absolute atomic E-state index is 12.0. The highest BCUT2D eigenvalue weighted by molar-refractivity contribution is 7.10. The Balaban J connectivity index is 1.80. The van der Waals surface area contributed by atoms with Gasteiger partial charge in [-0.05, 0) is 17.0 Å². The van der Waals surface area contributed by atoms with E-state index < -0.39 is 0 Å². The maximum atomic E-state index is 12.0. The molecule has 16 heavy (non-hydrogen) atoms. The molecule has 3 rings (SSSR count). The maximum Gasteiger partial charge on any atom is 0.255 e. The number of carbonyl (C=O) groups excluding carboxylic acids is 1. The second-order valence-corrected chi connectivity index (χ2v) is 4.90. The third-order valence-electron chi connectivity index (χ3n) is 2.81. The van der Waals surface area contributed by atoms with Crippen LogP contribution in [0.4, 0.5) is 0 Å². The van der Waals surface area contributed by atoms with Gasteiger partial charge in [-0.1, -0.05) is 30.3 Å². The number of hydrogen-bond acceptors (Lipinski definition) is 2. The lowest BCUT2D eigenvalue weighted by Crippen LogP contribution is -2.23. The molecule has 2 nitrogen and oxygen atoms in total. The molecule has 3 heteroatoms. The van der Waals surface area contributed by atoms with Gasteiger partial charge >= 0.3 is 0 Å². The van der Waals surface area contributed by atoms with Crippen LogP contribution < -0.4 is 0 Å². The minimum absolute atomic E-state index is 0.167. The second kappa shape index (κ2) is 3.76. The quantitative estimate of drug-likeness (QED) is 0.775. The number of carbonyl (C=O) groups is 1. The molecule has 80 valence electrons. The summed E-state index contributed by atoms with van der Waals surface area (Å²) >= 11 is 1.67. The van der Waals surface area contributed by atoms with Crippen molar-refractivity contribution in [3.63, 3.8) is 0 Å². The first kappa shape index (κ1) is 9.60. The van der Waals surface area contributed by atoms with Crippen LogP contribution >= 0.6 is 11.3 Å². The lowest BCUT2D eigenvalue weighted by atomic mass is 10.2. The Hall–Kier alpha value is -1.61. The molecular weight excluding hydrogens is 218 g/mol. The van der Waals surface area contributed by atoms with E-state index in [1.165, 1.54) is 10.4 Å². The van der Waals surface area contributed by atoms with Crippen LogP contribution in [0.1, 0.15) is 20.8 Å². The van der Waals surface area contributed by atoms with Gasteiger partial charge in [0.05, 0.1) is 12.1 Å². The van der Waals surface area contributed by atoms with E-state index in [0.29, 0.717) is 6.54 Å². The molecule has 2 aromatic rings. The van der Waals surface area contributed by atoms with Gasteiger partial charge < -0.3 is 4.90 Å². The molecule has 0 saturated carbocycles. The van der Waals surface area contributed by atoms with Gasteiger partial charge in [0, 0.05) is 11.4 Å². The topological polar surface area (TPSA) is 20.3 Å². The molecule has 0 N–H and O–H groups in total. The molecule has 0 bridgehead atoms. The molecule has 1 aliphatic heterocycles. The highest BCUT2D eigenvalue weighted by Crippen LogP contribution is 2.28. The molecule has 0 saturated heterocycles. The summed E-state index contributed by atoms with van der Waals surface area (Å²) in [5, 5.41) is 1.99. The molecule has 0 fully saturated rings. The van der Waals surface area contributed by atoms with E-state index in [-0.39, 0.29) is 5.91 Å². The summed E-state index contributed by atoms with van der Waals surface area (Å²) in [5.41, 5.74) is 2.08. The molecule has 1 aliphatic rings. The highest BCUT2D eigenvalue weighted by atomic mass is 32.1. The van der Waals surface area contributed by atoms with Gasteiger partial charge in [-0.15, -0.1) is 11.3 Å². The van der Waals surface area contributed by atoms with Crippen LogP contribution in [0.3, 0.4) is 0 Å². The van der Waals surface area contributed by atoms with E-state index in [1.807, 2.05) is 34.5 Å². The Morgan fingerprint density at radius 3 is 2.75 bits per heavy atom. The molecule has 2 heterocycles.